The van der Waals surface area contributed by atoms with Crippen molar-refractivity contribution in [1.82, 2.24) is 10.1 Å². The average Bonchev–Trinajstić information content (AvgIpc) is 3.20. The summed E-state index contributed by atoms with van der Waals surface area (Å²) in [5.74, 6) is -0.663. The lowest BCUT2D eigenvalue weighted by molar-refractivity contribution is 0.0690. The fraction of sp³-hybridized carbons (Fsp3) is 0.120. The van der Waals surface area contributed by atoms with E-state index in [1.165, 1.54) is 6.07 Å². The van der Waals surface area contributed by atoms with Crippen LogP contribution in [0.5, 0.6) is 0 Å². The number of benzene rings is 2. The van der Waals surface area contributed by atoms with Gasteiger partial charge in [-0.05, 0) is 30.7 Å². The van der Waals surface area contributed by atoms with Crippen LogP contribution in [0.4, 0.5) is 10.5 Å². The van der Waals surface area contributed by atoms with Crippen LogP contribution in [0, 0.1) is 6.92 Å². The van der Waals surface area contributed by atoms with Crippen LogP contribution in [0.25, 0.3) is 22.5 Å². The van der Waals surface area contributed by atoms with Crippen LogP contribution >= 0.6 is 11.6 Å². The highest BCUT2D eigenvalue weighted by atomic mass is 35.5. The topological polar surface area (TPSA) is 115 Å². The van der Waals surface area contributed by atoms with Crippen LogP contribution in [-0.2, 0) is 11.2 Å². The van der Waals surface area contributed by atoms with E-state index in [9.17, 15) is 9.59 Å². The molecule has 0 bridgehead atoms. The molecule has 0 aliphatic carbocycles. The number of ether oxygens (including phenoxy) is 1. The number of halogens is 1. The van der Waals surface area contributed by atoms with E-state index in [-0.39, 0.29) is 12.3 Å². The molecule has 0 radical (unpaired) electrons. The zero-order valence-electron chi connectivity index (χ0n) is 18.1. The predicted molar refractivity (Wildman–Crippen MR) is 127 cm³/mol. The largest absolute Gasteiger partial charge is 0.477 e. The summed E-state index contributed by atoms with van der Waals surface area (Å²) in [4.78, 5) is 27.7. The molecular formula is C25H20ClN3O5. The summed E-state index contributed by atoms with van der Waals surface area (Å²) in [7, 11) is 0. The highest BCUT2D eigenvalue weighted by Crippen LogP contribution is 2.31. The Balaban J connectivity index is 1.45. The van der Waals surface area contributed by atoms with E-state index in [1.54, 1.807) is 49.4 Å². The van der Waals surface area contributed by atoms with E-state index in [2.05, 4.69) is 15.5 Å². The average molecular weight is 478 g/mol. The molecule has 0 aliphatic rings. The van der Waals surface area contributed by atoms with Crippen molar-refractivity contribution in [2.24, 2.45) is 0 Å². The molecule has 0 unspecified atom stereocenters. The Hall–Kier alpha value is -4.17. The molecule has 2 aromatic carbocycles. The number of aromatic carboxylic acids is 1. The number of nitrogens with one attached hydrogen (secondary N) is 1. The number of carbonyl (C=O) groups excluding carboxylic acids is 1. The lowest BCUT2D eigenvalue weighted by Crippen LogP contribution is -2.16. The Labute approximate surface area is 200 Å². The molecule has 8 nitrogen and oxygen atoms in total. The molecule has 1 amide bonds. The van der Waals surface area contributed by atoms with Crippen LogP contribution in [0.1, 0.15) is 21.8 Å². The van der Waals surface area contributed by atoms with Gasteiger partial charge in [-0.25, -0.2) is 14.6 Å². The number of aromatic nitrogens is 2. The SMILES string of the molecule is Cc1onc(-c2ccc(-c3cccc(C(=O)O)n3)cc2)c1NC(=O)OCCc1ccccc1Cl. The van der Waals surface area contributed by atoms with E-state index >= 15 is 0 Å². The lowest BCUT2D eigenvalue weighted by Gasteiger charge is -2.09. The highest BCUT2D eigenvalue weighted by molar-refractivity contribution is 6.31. The molecule has 2 N–H and O–H groups in total. The third-order valence-corrected chi connectivity index (χ3v) is 5.44. The van der Waals surface area contributed by atoms with Gasteiger partial charge in [-0.1, -0.05) is 65.3 Å². The smallest absolute Gasteiger partial charge is 0.411 e. The van der Waals surface area contributed by atoms with Crippen LogP contribution in [0.3, 0.4) is 0 Å². The van der Waals surface area contributed by atoms with Gasteiger partial charge in [0.1, 0.15) is 17.1 Å². The first kappa shape index (κ1) is 23.0. The fourth-order valence-corrected chi connectivity index (χ4v) is 3.55. The minimum absolute atomic E-state index is 0.0340. The van der Waals surface area contributed by atoms with Gasteiger partial charge in [0.15, 0.2) is 5.76 Å². The van der Waals surface area contributed by atoms with Crippen molar-refractivity contribution in [3.63, 3.8) is 0 Å². The molecule has 172 valence electrons. The quantitative estimate of drug-likeness (QED) is 0.343. The maximum absolute atomic E-state index is 12.4. The Kier molecular flexibility index (Phi) is 6.89. The molecule has 4 rings (SSSR count). The zero-order chi connectivity index (χ0) is 24.1. The molecule has 2 heterocycles. The highest BCUT2D eigenvalue weighted by Gasteiger charge is 2.18. The minimum atomic E-state index is -1.09. The second-order valence-electron chi connectivity index (χ2n) is 7.36. The third-order valence-electron chi connectivity index (χ3n) is 5.07. The summed E-state index contributed by atoms with van der Waals surface area (Å²) < 4.78 is 10.6. The van der Waals surface area contributed by atoms with Crippen molar-refractivity contribution in [2.75, 3.05) is 11.9 Å². The van der Waals surface area contributed by atoms with Gasteiger partial charge in [0.05, 0.1) is 12.3 Å². The van der Waals surface area contributed by atoms with Crippen molar-refractivity contribution in [3.8, 4) is 22.5 Å². The lowest BCUT2D eigenvalue weighted by atomic mass is 10.1. The van der Waals surface area contributed by atoms with Crippen molar-refractivity contribution in [1.29, 1.82) is 0 Å². The van der Waals surface area contributed by atoms with E-state index in [0.717, 1.165) is 11.1 Å². The van der Waals surface area contributed by atoms with Gasteiger partial charge < -0.3 is 14.4 Å². The van der Waals surface area contributed by atoms with Gasteiger partial charge in [-0.2, -0.15) is 0 Å². The molecule has 34 heavy (non-hydrogen) atoms. The number of nitrogens with zero attached hydrogens (tertiary/aromatic N) is 2. The number of anilines is 1. The number of carbonyl (C=O) groups is 2. The van der Waals surface area contributed by atoms with Crippen LogP contribution in [-0.4, -0.2) is 33.9 Å². The standard InChI is InChI=1S/C25H20ClN3O5/c1-15-22(28-25(32)33-14-13-16-5-2-3-6-19(16)26)23(29-34-15)18-11-9-17(10-12-18)20-7-4-8-21(27-20)24(30)31/h2-12H,13-14H2,1H3,(H,28,32)(H,30,31). The summed E-state index contributed by atoms with van der Waals surface area (Å²) in [6.45, 7) is 1.85. The number of amides is 1. The Morgan fingerprint density at radius 3 is 2.50 bits per heavy atom. The second-order valence-corrected chi connectivity index (χ2v) is 7.76. The number of aryl methyl sites for hydroxylation is 1. The van der Waals surface area contributed by atoms with Crippen molar-refractivity contribution in [2.45, 2.75) is 13.3 Å². The Bertz CT molecular complexity index is 1330. The van der Waals surface area contributed by atoms with Crippen LogP contribution in [0.2, 0.25) is 5.02 Å². The third kappa shape index (κ3) is 5.24. The van der Waals surface area contributed by atoms with E-state index in [1.807, 2.05) is 18.2 Å². The number of hydrogen-bond donors (Lipinski definition) is 2. The molecule has 0 saturated carbocycles. The maximum atomic E-state index is 12.4. The summed E-state index contributed by atoms with van der Waals surface area (Å²) in [6, 6.07) is 19.3. The van der Waals surface area contributed by atoms with E-state index in [4.69, 9.17) is 26.0 Å². The molecule has 0 spiro atoms. The normalized spacial score (nSPS) is 10.6. The summed E-state index contributed by atoms with van der Waals surface area (Å²) in [5, 5.41) is 16.5. The van der Waals surface area contributed by atoms with Crippen molar-refractivity contribution < 1.29 is 24.0 Å². The first-order chi connectivity index (χ1) is 16.4. The first-order valence-corrected chi connectivity index (χ1v) is 10.7. The van der Waals surface area contributed by atoms with Crippen molar-refractivity contribution in [3.05, 3.63) is 88.8 Å². The molecule has 0 aliphatic heterocycles. The maximum Gasteiger partial charge on any atom is 0.411 e. The summed E-state index contributed by atoms with van der Waals surface area (Å²) in [5.41, 5.74) is 3.67. The van der Waals surface area contributed by atoms with Gasteiger partial charge in [0, 0.05) is 22.6 Å². The summed E-state index contributed by atoms with van der Waals surface area (Å²) >= 11 is 6.13. The molecule has 0 saturated heterocycles. The van der Waals surface area contributed by atoms with Crippen LogP contribution in [0.15, 0.2) is 71.3 Å². The number of rotatable bonds is 7. The molecular weight excluding hydrogens is 458 g/mol. The van der Waals surface area contributed by atoms with Crippen molar-refractivity contribution >= 4 is 29.4 Å². The zero-order valence-corrected chi connectivity index (χ0v) is 18.9. The van der Waals surface area contributed by atoms with Gasteiger partial charge in [0.2, 0.25) is 0 Å². The minimum Gasteiger partial charge on any atom is -0.477 e. The van der Waals surface area contributed by atoms with Gasteiger partial charge in [0.25, 0.3) is 0 Å². The number of carboxylic acid groups (broad SMARTS) is 1. The molecule has 0 fully saturated rings. The van der Waals surface area contributed by atoms with Gasteiger partial charge in [-0.3, -0.25) is 5.32 Å². The van der Waals surface area contributed by atoms with Gasteiger partial charge in [-0.15, -0.1) is 0 Å². The Morgan fingerprint density at radius 1 is 1.03 bits per heavy atom. The van der Waals surface area contributed by atoms with E-state index < -0.39 is 12.1 Å². The molecule has 4 aromatic rings. The molecule has 2 aromatic heterocycles. The second kappa shape index (κ2) is 10.2. The number of carboxylic acids is 1. The van der Waals surface area contributed by atoms with Crippen LogP contribution < -0.4 is 5.32 Å². The summed E-state index contributed by atoms with van der Waals surface area (Å²) in [6.07, 6.45) is -0.146. The van der Waals surface area contributed by atoms with E-state index in [0.29, 0.717) is 39.8 Å². The fourth-order valence-electron chi connectivity index (χ4n) is 3.32. The van der Waals surface area contributed by atoms with Gasteiger partial charge >= 0.3 is 12.1 Å². The first-order valence-electron chi connectivity index (χ1n) is 10.4. The predicted octanol–water partition coefficient (Wildman–Crippen LogP) is 5.85. The molecule has 0 atom stereocenters. The Morgan fingerprint density at radius 2 is 1.76 bits per heavy atom. The number of pyridine rings is 1. The monoisotopic (exact) mass is 477 g/mol. The number of hydrogen-bond acceptors (Lipinski definition) is 6. The molecule has 9 heteroatoms.